The van der Waals surface area contributed by atoms with Crippen molar-refractivity contribution in [2.75, 3.05) is 0 Å². The number of hydrogen-bond acceptors (Lipinski definition) is 4. The van der Waals surface area contributed by atoms with Gasteiger partial charge in [0.1, 0.15) is 11.7 Å². The number of hydrogen-bond donors (Lipinski definition) is 1. The Morgan fingerprint density at radius 1 is 1.72 bits per heavy atom. The molecule has 1 unspecified atom stereocenters. The van der Waals surface area contributed by atoms with Gasteiger partial charge in [-0.2, -0.15) is 21.7 Å². The third kappa shape index (κ3) is 2.53. The van der Waals surface area contributed by atoms with Crippen LogP contribution in [0.25, 0.3) is 0 Å². The summed E-state index contributed by atoms with van der Waals surface area (Å²) in [5.74, 6) is -0.380. The molecule has 0 aliphatic rings. The van der Waals surface area contributed by atoms with Crippen molar-refractivity contribution in [1.82, 2.24) is 15.1 Å². The molecule has 18 heavy (non-hydrogen) atoms. The number of nitrogens with one attached hydrogen (secondary N) is 1. The van der Waals surface area contributed by atoms with Gasteiger partial charge in [-0.3, -0.25) is 9.48 Å². The summed E-state index contributed by atoms with van der Waals surface area (Å²) in [6.45, 7) is 0. The Balaban J connectivity index is 2.16. The zero-order valence-corrected chi connectivity index (χ0v) is 11.0. The lowest BCUT2D eigenvalue weighted by atomic mass is 10.1. The molecular weight excluding hydrogens is 272 g/mol. The maximum atomic E-state index is 12.0. The highest BCUT2D eigenvalue weighted by Crippen LogP contribution is 2.16. The van der Waals surface area contributed by atoms with Crippen LogP contribution >= 0.6 is 22.9 Å². The van der Waals surface area contributed by atoms with Crippen LogP contribution in [0.1, 0.15) is 22.1 Å². The van der Waals surface area contributed by atoms with Gasteiger partial charge in [-0.15, -0.1) is 0 Å². The van der Waals surface area contributed by atoms with E-state index in [1.165, 1.54) is 22.1 Å². The van der Waals surface area contributed by atoms with Crippen molar-refractivity contribution in [1.29, 1.82) is 5.26 Å². The standard InChI is InChI=1S/C11H9ClN4OS/c1-16-9(4-10(12)15-16)11(17)14-8(5-13)7-2-3-18-6-7/h2-4,6,8H,1H3,(H,14,17). The van der Waals surface area contributed by atoms with Crippen LogP contribution in [-0.2, 0) is 7.05 Å². The van der Waals surface area contributed by atoms with E-state index in [-0.39, 0.29) is 11.1 Å². The summed E-state index contributed by atoms with van der Waals surface area (Å²) >= 11 is 7.18. The molecule has 0 spiro atoms. The minimum atomic E-state index is -0.669. The van der Waals surface area contributed by atoms with Gasteiger partial charge in [-0.1, -0.05) is 11.6 Å². The van der Waals surface area contributed by atoms with E-state index in [0.29, 0.717) is 5.69 Å². The van der Waals surface area contributed by atoms with Crippen molar-refractivity contribution >= 4 is 28.8 Å². The van der Waals surface area contributed by atoms with Gasteiger partial charge in [0.25, 0.3) is 5.91 Å². The van der Waals surface area contributed by atoms with Crippen LogP contribution in [0.2, 0.25) is 5.15 Å². The van der Waals surface area contributed by atoms with Crippen LogP contribution in [0, 0.1) is 11.3 Å². The SMILES string of the molecule is Cn1nc(Cl)cc1C(=O)NC(C#N)c1ccsc1. The summed E-state index contributed by atoms with van der Waals surface area (Å²) in [5, 5.41) is 19.5. The number of aromatic nitrogens is 2. The highest BCUT2D eigenvalue weighted by atomic mass is 35.5. The Labute approximate surface area is 113 Å². The first-order chi connectivity index (χ1) is 8.61. The molecule has 0 bridgehead atoms. The van der Waals surface area contributed by atoms with Gasteiger partial charge in [0.15, 0.2) is 5.15 Å². The second kappa shape index (κ2) is 5.21. The number of nitrogens with zero attached hydrogens (tertiary/aromatic N) is 3. The summed E-state index contributed by atoms with van der Waals surface area (Å²) in [7, 11) is 1.62. The van der Waals surface area contributed by atoms with Crippen LogP contribution in [0.15, 0.2) is 22.9 Å². The smallest absolute Gasteiger partial charge is 0.270 e. The topological polar surface area (TPSA) is 70.7 Å². The molecule has 1 atom stereocenters. The zero-order chi connectivity index (χ0) is 13.1. The van der Waals surface area contributed by atoms with E-state index >= 15 is 0 Å². The molecule has 2 aromatic heterocycles. The molecule has 0 aliphatic carbocycles. The lowest BCUT2D eigenvalue weighted by Gasteiger charge is -2.09. The molecule has 1 amide bonds. The molecule has 2 aromatic rings. The second-order valence-corrected chi connectivity index (χ2v) is 4.74. The molecule has 0 saturated carbocycles. The molecule has 0 aliphatic heterocycles. The number of rotatable bonds is 3. The highest BCUT2D eigenvalue weighted by molar-refractivity contribution is 7.08. The summed E-state index contributed by atoms with van der Waals surface area (Å²) < 4.78 is 1.37. The monoisotopic (exact) mass is 280 g/mol. The van der Waals surface area contributed by atoms with Crippen molar-refractivity contribution in [3.63, 3.8) is 0 Å². The molecule has 2 rings (SSSR count). The Bertz CT molecular complexity index is 599. The fourth-order valence-corrected chi connectivity index (χ4v) is 2.38. The van der Waals surface area contributed by atoms with E-state index in [9.17, 15) is 4.79 Å². The van der Waals surface area contributed by atoms with Gasteiger partial charge in [0.2, 0.25) is 0 Å². The lowest BCUT2D eigenvalue weighted by Crippen LogP contribution is -2.29. The fourth-order valence-electron chi connectivity index (χ4n) is 1.48. The first kappa shape index (κ1) is 12.6. The fraction of sp³-hybridized carbons (Fsp3) is 0.182. The summed E-state index contributed by atoms with van der Waals surface area (Å²) in [4.78, 5) is 12.0. The minimum absolute atomic E-state index is 0.242. The van der Waals surface area contributed by atoms with E-state index in [4.69, 9.17) is 16.9 Å². The Morgan fingerprint density at radius 2 is 2.50 bits per heavy atom. The van der Waals surface area contributed by atoms with E-state index in [0.717, 1.165) is 5.56 Å². The maximum Gasteiger partial charge on any atom is 0.270 e. The Morgan fingerprint density at radius 3 is 3.00 bits per heavy atom. The second-order valence-electron chi connectivity index (χ2n) is 3.57. The first-order valence-electron chi connectivity index (χ1n) is 5.04. The first-order valence-corrected chi connectivity index (χ1v) is 6.36. The number of nitriles is 1. The van der Waals surface area contributed by atoms with Crippen molar-refractivity contribution in [3.05, 3.63) is 39.3 Å². The van der Waals surface area contributed by atoms with Crippen LogP contribution in [0.4, 0.5) is 0 Å². The number of carbonyl (C=O) groups excluding carboxylic acids is 1. The highest BCUT2D eigenvalue weighted by Gasteiger charge is 2.18. The van der Waals surface area contributed by atoms with E-state index in [2.05, 4.69) is 10.4 Å². The van der Waals surface area contributed by atoms with Gasteiger partial charge in [-0.25, -0.2) is 0 Å². The van der Waals surface area contributed by atoms with E-state index < -0.39 is 6.04 Å². The van der Waals surface area contributed by atoms with Gasteiger partial charge in [0.05, 0.1) is 6.07 Å². The molecule has 92 valence electrons. The van der Waals surface area contributed by atoms with E-state index in [1.807, 2.05) is 16.8 Å². The minimum Gasteiger partial charge on any atom is -0.331 e. The summed E-state index contributed by atoms with van der Waals surface area (Å²) in [5.41, 5.74) is 1.08. The van der Waals surface area contributed by atoms with Crippen molar-refractivity contribution < 1.29 is 4.79 Å². The molecule has 5 nitrogen and oxygen atoms in total. The average Bonchev–Trinajstić information content (AvgIpc) is 2.95. The van der Waals surface area contributed by atoms with Gasteiger partial charge in [-0.05, 0) is 22.4 Å². The summed E-state index contributed by atoms with van der Waals surface area (Å²) in [6, 6.07) is 4.63. The third-order valence-corrected chi connectivity index (χ3v) is 3.25. The number of amides is 1. The van der Waals surface area contributed by atoms with E-state index in [1.54, 1.807) is 13.1 Å². The quantitative estimate of drug-likeness (QED) is 0.936. The maximum absolute atomic E-state index is 12.0. The largest absolute Gasteiger partial charge is 0.331 e. The van der Waals surface area contributed by atoms with Crippen LogP contribution in [0.5, 0.6) is 0 Å². The van der Waals surface area contributed by atoms with Crippen LogP contribution in [0.3, 0.4) is 0 Å². The van der Waals surface area contributed by atoms with Gasteiger partial charge >= 0.3 is 0 Å². The molecular formula is C11H9ClN4OS. The number of carbonyl (C=O) groups is 1. The van der Waals surface area contributed by atoms with Crippen LogP contribution in [-0.4, -0.2) is 15.7 Å². The predicted octanol–water partition coefficient (Wildman–Crippen LogP) is 2.13. The van der Waals surface area contributed by atoms with Crippen molar-refractivity contribution in [2.45, 2.75) is 6.04 Å². The Hall–Kier alpha value is -1.84. The third-order valence-electron chi connectivity index (χ3n) is 2.36. The molecule has 0 fully saturated rings. The van der Waals surface area contributed by atoms with Crippen molar-refractivity contribution in [3.8, 4) is 6.07 Å². The van der Waals surface area contributed by atoms with Crippen molar-refractivity contribution in [2.24, 2.45) is 7.05 Å². The Kier molecular flexibility index (Phi) is 3.65. The molecule has 1 N–H and O–H groups in total. The summed E-state index contributed by atoms with van der Waals surface area (Å²) in [6.07, 6.45) is 0. The van der Waals surface area contributed by atoms with Crippen LogP contribution < -0.4 is 5.32 Å². The molecule has 0 aromatic carbocycles. The predicted molar refractivity (Wildman–Crippen MR) is 68.4 cm³/mol. The zero-order valence-electron chi connectivity index (χ0n) is 9.42. The van der Waals surface area contributed by atoms with Gasteiger partial charge in [0, 0.05) is 13.1 Å². The molecule has 7 heteroatoms. The number of halogens is 1. The normalized spacial score (nSPS) is 11.8. The van der Waals surface area contributed by atoms with Gasteiger partial charge < -0.3 is 5.32 Å². The average molecular weight is 281 g/mol. The number of thiophene rings is 1. The molecule has 0 saturated heterocycles. The number of aryl methyl sites for hydroxylation is 1. The molecule has 0 radical (unpaired) electrons. The lowest BCUT2D eigenvalue weighted by molar-refractivity contribution is 0.0935. The molecule has 2 heterocycles.